The number of ketones is 2. The number of Topliss-reactive ketones (excluding diaryl/α,β-unsaturated/α-hetero) is 1. The van der Waals surface area contributed by atoms with Gasteiger partial charge in [-0.3, -0.25) is 9.59 Å². The smallest absolute Gasteiger partial charge is 0.192 e. The highest BCUT2D eigenvalue weighted by molar-refractivity contribution is 6.76. The quantitative estimate of drug-likeness (QED) is 0.121. The summed E-state index contributed by atoms with van der Waals surface area (Å²) in [6, 6.07) is 0. The van der Waals surface area contributed by atoms with Crippen molar-refractivity contribution in [1.82, 2.24) is 0 Å². The number of ether oxygens (including phenoxy) is 5. The van der Waals surface area contributed by atoms with Crippen LogP contribution in [-0.4, -0.2) is 146 Å². The Bertz CT molecular complexity index is 2400. The first-order valence-corrected chi connectivity index (χ1v) is 49.1. The molecule has 1 aliphatic carbocycles. The van der Waals surface area contributed by atoms with Gasteiger partial charge in [0.25, 0.3) is 0 Å². The highest BCUT2D eigenvalue weighted by Crippen LogP contribution is 2.52. The Labute approximate surface area is 543 Å². The Hall–Kier alpha value is -0.756. The molecule has 8 aliphatic rings. The average molecular weight is 1320 g/mol. The van der Waals surface area contributed by atoms with E-state index < -0.39 is 59.9 Å². The van der Waals surface area contributed by atoms with Gasteiger partial charge in [0.1, 0.15) is 5.78 Å². The van der Waals surface area contributed by atoms with E-state index in [0.29, 0.717) is 32.3 Å². The fourth-order valence-electron chi connectivity index (χ4n) is 13.1. The van der Waals surface area contributed by atoms with E-state index >= 15 is 4.79 Å². The summed E-state index contributed by atoms with van der Waals surface area (Å²) in [7, 11) is -10.2. The second-order valence-corrected chi connectivity index (χ2v) is 59.9. The number of allylic oxidation sites excluding steroid dienone is 1. The van der Waals surface area contributed by atoms with E-state index in [1.54, 1.807) is 7.11 Å². The van der Waals surface area contributed by atoms with Gasteiger partial charge in [0.15, 0.2) is 47.4 Å². The molecule has 7 heterocycles. The van der Waals surface area contributed by atoms with Gasteiger partial charge in [0.05, 0.1) is 86.0 Å². The molecule has 17 atom stereocenters. The normalized spacial score (nSPS) is 34.5. The summed E-state index contributed by atoms with van der Waals surface area (Å²) in [4.78, 5) is 29.7. The lowest BCUT2D eigenvalue weighted by Crippen LogP contribution is -2.65. The third-order valence-corrected chi connectivity index (χ3v) is 46.6. The van der Waals surface area contributed by atoms with Crippen molar-refractivity contribution in [3.8, 4) is 0 Å². The minimum absolute atomic E-state index is 0.0167. The van der Waals surface area contributed by atoms with Crippen LogP contribution in [-0.2, 0) is 55.4 Å². The molecule has 0 aromatic carbocycles. The van der Waals surface area contributed by atoms with Crippen molar-refractivity contribution in [1.29, 1.82) is 0 Å². The monoisotopic (exact) mass is 1320 g/mol. The molecule has 0 aromatic rings. The molecule has 1 saturated carbocycles. The minimum atomic E-state index is -2.53. The number of carbonyl (C=O) groups is 2. The predicted molar refractivity (Wildman–Crippen MR) is 374 cm³/mol. The lowest BCUT2D eigenvalue weighted by atomic mass is 9.70. The molecule has 0 radical (unpaired) electrons. The predicted octanol–water partition coefficient (Wildman–Crippen LogP) is 18.0. The fraction of sp³-hybridized carbons (Fsp3) is 0.887. The number of methoxy groups -OCH3 is 1. The van der Waals surface area contributed by atoms with Crippen LogP contribution in [0, 0.1) is 23.7 Å². The molecule has 4 saturated heterocycles. The molecule has 8 bridgehead atoms. The van der Waals surface area contributed by atoms with Gasteiger partial charge >= 0.3 is 0 Å². The van der Waals surface area contributed by atoms with E-state index in [9.17, 15) is 4.79 Å². The standard InChI is InChI=1S/C71H132O12Si5/c1-46-38-53-35-37-58-47(2)39-52(76-58)34-31-50(72)32-36-59(81-86(24,25)69(10,11)12)56-40-49-30-33-54(78-63(49)66(83-88(28,29)71(16,17)18)65(56)82-87(26,27)70(13,14)15)41-51(73)42-57-61(44-60(77-53)48(46)3)79-62(64(57)74-19)43-55(80-85(22,23)68(7,8)9)45-75-84(20,21)67(4,5)6/h32,36,46,49,52-66H,2-3,30-31,33-35,37-45H2,1,4-29H3/b36-32+/t46-,49-,52+,53+,54-,55?,56+,57+,58+,59?,60-,61+,62-,63+,64-,65?,66?/m1/s1. The fourth-order valence-corrected chi connectivity index (χ4v) is 19.4. The molecule has 0 aromatic heterocycles. The summed E-state index contributed by atoms with van der Waals surface area (Å²) >= 11 is 0. The molecular weight excluding hydrogens is 1190 g/mol. The molecule has 12 nitrogen and oxygen atoms in total. The van der Waals surface area contributed by atoms with Crippen molar-refractivity contribution >= 4 is 53.2 Å². The van der Waals surface area contributed by atoms with Gasteiger partial charge in [-0.2, -0.15) is 0 Å². The van der Waals surface area contributed by atoms with Gasteiger partial charge in [0.2, 0.25) is 0 Å². The molecule has 88 heavy (non-hydrogen) atoms. The van der Waals surface area contributed by atoms with Crippen LogP contribution in [0.5, 0.6) is 0 Å². The first-order chi connectivity index (χ1) is 40.0. The number of hydrogen-bond acceptors (Lipinski definition) is 12. The van der Waals surface area contributed by atoms with Crippen LogP contribution in [0.15, 0.2) is 36.5 Å². The Morgan fingerprint density at radius 3 is 1.66 bits per heavy atom. The van der Waals surface area contributed by atoms with Gasteiger partial charge in [-0.15, -0.1) is 0 Å². The van der Waals surface area contributed by atoms with Crippen molar-refractivity contribution < 1.29 is 55.4 Å². The second-order valence-electron chi connectivity index (χ2n) is 36.1. The molecule has 508 valence electrons. The number of carbonyl (C=O) groups excluding carboxylic acids is 2. The minimum Gasteiger partial charge on any atom is -0.414 e. The summed E-state index contributed by atoms with van der Waals surface area (Å²) in [5, 5.41) is -0.315. The third kappa shape index (κ3) is 18.6. The van der Waals surface area contributed by atoms with Crippen LogP contribution < -0.4 is 0 Å². The summed E-state index contributed by atoms with van der Waals surface area (Å²) in [5.41, 5.74) is 2.16. The van der Waals surface area contributed by atoms with Crippen LogP contribution in [0.2, 0.25) is 90.7 Å². The number of rotatable bonds is 14. The molecule has 5 fully saturated rings. The SMILES string of the molecule is C=C1C[C@@H]2CCC(=O)/C=C/C(O[Si](C)(C)C(C)(C)C)[C@@H]3C[C@H]4CC[C@H](CC(=O)C[C@@H]5[C@@H](OC)[C@@H](CC(CO[Si](C)(C)C(C)(C)C)O[Si](C)(C)C(C)(C)C)O[C@H]5C[C@H]5O[C@@H](CC[C@@H]1O2)C[C@@H](C)C5=C)O[C@@H]4C(O[Si](C)(C)C(C)(C)C)C3O[Si](C)(C)C(C)(C)C. The van der Waals surface area contributed by atoms with Crippen LogP contribution in [0.1, 0.15) is 194 Å². The van der Waals surface area contributed by atoms with E-state index in [2.05, 4.69) is 195 Å². The van der Waals surface area contributed by atoms with Gasteiger partial charge < -0.3 is 45.8 Å². The van der Waals surface area contributed by atoms with Gasteiger partial charge in [0, 0.05) is 51.0 Å². The Morgan fingerprint density at radius 2 is 1.09 bits per heavy atom. The lowest BCUT2D eigenvalue weighted by Gasteiger charge is -2.56. The van der Waals surface area contributed by atoms with Crippen LogP contribution in [0.3, 0.4) is 0 Å². The highest BCUT2D eigenvalue weighted by atomic mass is 28.4. The first kappa shape index (κ1) is 76.3. The van der Waals surface area contributed by atoms with Crippen molar-refractivity contribution in [2.45, 2.75) is 364 Å². The van der Waals surface area contributed by atoms with E-state index in [-0.39, 0.29) is 134 Å². The lowest BCUT2D eigenvalue weighted by molar-refractivity contribution is -0.196. The Balaban J connectivity index is 1.45. The number of hydrogen-bond donors (Lipinski definition) is 0. The van der Waals surface area contributed by atoms with Crippen molar-refractivity contribution in [2.75, 3.05) is 13.7 Å². The van der Waals surface area contributed by atoms with Gasteiger partial charge in [-0.1, -0.05) is 130 Å². The molecule has 0 spiro atoms. The van der Waals surface area contributed by atoms with E-state index in [4.69, 9.17) is 45.8 Å². The van der Waals surface area contributed by atoms with Crippen LogP contribution in [0.4, 0.5) is 0 Å². The second kappa shape index (κ2) is 28.5. The molecule has 0 N–H and O–H groups in total. The molecule has 17 heteroatoms. The third-order valence-electron chi connectivity index (χ3n) is 24.2. The zero-order chi connectivity index (χ0) is 66.5. The van der Waals surface area contributed by atoms with Gasteiger partial charge in [-0.25, -0.2) is 0 Å². The van der Waals surface area contributed by atoms with E-state index in [1.807, 2.05) is 6.08 Å². The molecule has 0 amide bonds. The van der Waals surface area contributed by atoms with Crippen molar-refractivity contribution in [2.24, 2.45) is 23.7 Å². The van der Waals surface area contributed by atoms with E-state index in [1.165, 1.54) is 0 Å². The molecule has 7 aliphatic heterocycles. The first-order valence-electron chi connectivity index (χ1n) is 34.6. The average Bonchev–Trinajstić information content (AvgIpc) is 0.954. The maximum atomic E-state index is 15.4. The highest BCUT2D eigenvalue weighted by Gasteiger charge is 2.58. The maximum absolute atomic E-state index is 15.4. The summed E-state index contributed by atoms with van der Waals surface area (Å²) in [5.74, 6) is 0.180. The molecule has 8 rings (SSSR count). The van der Waals surface area contributed by atoms with Crippen LogP contribution in [0.25, 0.3) is 0 Å². The summed E-state index contributed by atoms with van der Waals surface area (Å²) < 4.78 is 73.3. The zero-order valence-electron chi connectivity index (χ0n) is 61.2. The topological polar surface area (TPSA) is 126 Å². The maximum Gasteiger partial charge on any atom is 0.192 e. The summed E-state index contributed by atoms with van der Waals surface area (Å²) in [6.45, 7) is 69.7. The number of fused-ring (bicyclic) bond motifs is 2. The summed E-state index contributed by atoms with van der Waals surface area (Å²) in [6.07, 6.45) is 8.53. The molecule has 4 unspecified atom stereocenters. The Morgan fingerprint density at radius 1 is 0.557 bits per heavy atom. The molecular formula is C71H132O12Si5. The van der Waals surface area contributed by atoms with Gasteiger partial charge in [-0.05, 0) is 171 Å². The zero-order valence-corrected chi connectivity index (χ0v) is 66.2. The largest absolute Gasteiger partial charge is 0.414 e. The van der Waals surface area contributed by atoms with Crippen molar-refractivity contribution in [3.05, 3.63) is 36.5 Å². The van der Waals surface area contributed by atoms with Crippen LogP contribution >= 0.6 is 0 Å². The Kier molecular flexibility index (Phi) is 24.7. The van der Waals surface area contributed by atoms with E-state index in [0.717, 1.165) is 56.1 Å². The van der Waals surface area contributed by atoms with Crippen molar-refractivity contribution in [3.63, 3.8) is 0 Å².